The Morgan fingerprint density at radius 3 is 2.24 bits per heavy atom. The van der Waals surface area contributed by atoms with E-state index >= 15 is 0 Å². The quantitative estimate of drug-likeness (QED) is 0.485. The number of rotatable bonds is 3. The third-order valence-electron chi connectivity index (χ3n) is 4.54. The lowest BCUT2D eigenvalue weighted by Gasteiger charge is -2.12. The van der Waals surface area contributed by atoms with Crippen LogP contribution in [0.15, 0.2) is 80.8 Å². The third-order valence-corrected chi connectivity index (χ3v) is 5.67. The summed E-state index contributed by atoms with van der Waals surface area (Å²) >= 11 is 0. The van der Waals surface area contributed by atoms with Crippen LogP contribution in [0.25, 0.3) is 33.4 Å². The van der Waals surface area contributed by atoms with Gasteiger partial charge < -0.3 is 4.42 Å². The highest BCUT2D eigenvalue weighted by atomic mass is 32.2. The van der Waals surface area contributed by atoms with Crippen molar-refractivity contribution in [3.05, 3.63) is 88.6 Å². The molecule has 0 spiro atoms. The Labute approximate surface area is 165 Å². The number of halogens is 2. The van der Waals surface area contributed by atoms with Gasteiger partial charge in [-0.15, -0.1) is 0 Å². The van der Waals surface area contributed by atoms with E-state index in [0.29, 0.717) is 17.2 Å². The first kappa shape index (κ1) is 19.0. The summed E-state index contributed by atoms with van der Waals surface area (Å²) in [6, 6.07) is 15.2. The van der Waals surface area contributed by atoms with E-state index in [1.165, 1.54) is 30.3 Å². The summed E-state index contributed by atoms with van der Waals surface area (Å²) in [5.74, 6) is -1.60. The van der Waals surface area contributed by atoms with Crippen molar-refractivity contribution in [2.75, 3.05) is 6.26 Å². The van der Waals surface area contributed by atoms with Crippen LogP contribution in [0.2, 0.25) is 0 Å². The zero-order valence-electron chi connectivity index (χ0n) is 15.1. The maximum Gasteiger partial charge on any atom is 0.201 e. The molecule has 0 aliphatic carbocycles. The van der Waals surface area contributed by atoms with Gasteiger partial charge in [-0.2, -0.15) is 0 Å². The van der Waals surface area contributed by atoms with Gasteiger partial charge in [0.1, 0.15) is 23.0 Å². The fraction of sp³-hybridized carbons (Fsp3) is 0.0455. The molecule has 4 nitrogen and oxygen atoms in total. The van der Waals surface area contributed by atoms with Crippen LogP contribution < -0.4 is 5.43 Å². The average molecular weight is 412 g/mol. The molecule has 29 heavy (non-hydrogen) atoms. The van der Waals surface area contributed by atoms with Crippen LogP contribution in [0, 0.1) is 11.6 Å². The molecule has 0 aliphatic heterocycles. The van der Waals surface area contributed by atoms with Gasteiger partial charge in [0, 0.05) is 23.4 Å². The molecule has 0 saturated carbocycles. The van der Waals surface area contributed by atoms with Gasteiger partial charge >= 0.3 is 0 Å². The van der Waals surface area contributed by atoms with E-state index in [1.807, 2.05) is 0 Å². The highest BCUT2D eigenvalue weighted by Gasteiger charge is 2.21. The molecule has 0 radical (unpaired) electrons. The molecule has 1 heterocycles. The summed E-state index contributed by atoms with van der Waals surface area (Å²) in [5.41, 5.74) is 0.0471. The van der Waals surface area contributed by atoms with E-state index in [9.17, 15) is 22.0 Å². The Balaban J connectivity index is 2.06. The fourth-order valence-corrected chi connectivity index (χ4v) is 3.77. The average Bonchev–Trinajstić information content (AvgIpc) is 2.68. The van der Waals surface area contributed by atoms with Gasteiger partial charge in [0.05, 0.1) is 15.8 Å². The molecule has 7 heteroatoms. The van der Waals surface area contributed by atoms with Crippen molar-refractivity contribution in [3.8, 4) is 22.5 Å². The predicted molar refractivity (Wildman–Crippen MR) is 106 cm³/mol. The summed E-state index contributed by atoms with van der Waals surface area (Å²) < 4.78 is 57.3. The number of fused-ring (bicyclic) bond motifs is 1. The molecular weight excluding hydrogens is 398 g/mol. The topological polar surface area (TPSA) is 64.3 Å². The number of hydrogen-bond donors (Lipinski definition) is 0. The Morgan fingerprint density at radius 2 is 1.59 bits per heavy atom. The first-order valence-corrected chi connectivity index (χ1v) is 10.5. The molecule has 0 aliphatic rings. The molecule has 3 aromatic carbocycles. The summed E-state index contributed by atoms with van der Waals surface area (Å²) in [5, 5.41) is 0.253. The maximum atomic E-state index is 14.5. The molecule has 0 atom stereocenters. The molecule has 0 N–H and O–H groups in total. The van der Waals surface area contributed by atoms with E-state index in [4.69, 9.17) is 4.42 Å². The highest BCUT2D eigenvalue weighted by molar-refractivity contribution is 7.90. The monoisotopic (exact) mass is 412 g/mol. The minimum Gasteiger partial charge on any atom is -0.455 e. The second-order valence-electron chi connectivity index (χ2n) is 6.55. The molecular formula is C22H14F2O4S. The molecule has 0 bridgehead atoms. The van der Waals surface area contributed by atoms with Crippen LogP contribution >= 0.6 is 0 Å². The molecule has 1 aromatic heterocycles. The molecule has 0 saturated heterocycles. The zero-order chi connectivity index (χ0) is 20.8. The largest absolute Gasteiger partial charge is 0.455 e. The van der Waals surface area contributed by atoms with Crippen molar-refractivity contribution in [2.24, 2.45) is 0 Å². The van der Waals surface area contributed by atoms with Gasteiger partial charge in [-0.3, -0.25) is 4.79 Å². The van der Waals surface area contributed by atoms with E-state index in [1.54, 1.807) is 24.3 Å². The third kappa shape index (κ3) is 3.45. The zero-order valence-corrected chi connectivity index (χ0v) is 16.0. The van der Waals surface area contributed by atoms with Gasteiger partial charge in [-0.1, -0.05) is 12.1 Å². The Kier molecular flexibility index (Phi) is 4.55. The molecule has 0 fully saturated rings. The van der Waals surface area contributed by atoms with Crippen LogP contribution in [0.4, 0.5) is 8.78 Å². The van der Waals surface area contributed by atoms with Crippen molar-refractivity contribution in [3.63, 3.8) is 0 Å². The van der Waals surface area contributed by atoms with Crippen molar-refractivity contribution in [2.45, 2.75) is 4.90 Å². The molecule has 0 unspecified atom stereocenters. The number of benzene rings is 3. The number of sulfone groups is 1. The smallest absolute Gasteiger partial charge is 0.201 e. The Hall–Kier alpha value is -3.32. The minimum absolute atomic E-state index is 0.0618. The van der Waals surface area contributed by atoms with Crippen molar-refractivity contribution in [1.82, 2.24) is 0 Å². The van der Waals surface area contributed by atoms with Crippen LogP contribution in [-0.4, -0.2) is 14.7 Å². The van der Waals surface area contributed by atoms with Crippen molar-refractivity contribution < 1.29 is 21.6 Å². The van der Waals surface area contributed by atoms with E-state index in [-0.39, 0.29) is 27.2 Å². The van der Waals surface area contributed by atoms with Gasteiger partial charge in [0.2, 0.25) is 5.43 Å². The van der Waals surface area contributed by atoms with Crippen LogP contribution in [0.3, 0.4) is 0 Å². The molecule has 4 aromatic rings. The predicted octanol–water partition coefficient (Wildman–Crippen LogP) is 4.81. The molecule has 0 amide bonds. The Morgan fingerprint density at radius 1 is 0.897 bits per heavy atom. The van der Waals surface area contributed by atoms with Gasteiger partial charge in [-0.25, -0.2) is 17.2 Å². The highest BCUT2D eigenvalue weighted by Crippen LogP contribution is 2.34. The summed E-state index contributed by atoms with van der Waals surface area (Å²) in [6.45, 7) is 0. The summed E-state index contributed by atoms with van der Waals surface area (Å²) in [7, 11) is -3.41. The number of hydrogen-bond acceptors (Lipinski definition) is 4. The maximum absolute atomic E-state index is 14.5. The lowest BCUT2D eigenvalue weighted by Crippen LogP contribution is -2.08. The molecule has 4 rings (SSSR count). The normalized spacial score (nSPS) is 11.7. The summed E-state index contributed by atoms with van der Waals surface area (Å²) in [6.07, 6.45) is 1.08. The lowest BCUT2D eigenvalue weighted by atomic mass is 9.98. The van der Waals surface area contributed by atoms with Gasteiger partial charge in [0.25, 0.3) is 0 Å². The second kappa shape index (κ2) is 6.93. The van der Waals surface area contributed by atoms with Crippen molar-refractivity contribution >= 4 is 20.8 Å². The SMILES string of the molecule is CS(=O)(=O)c1ccc(-c2oc3ccccc3c(=O)c2-c2ccc(F)cc2F)cc1. The van der Waals surface area contributed by atoms with Gasteiger partial charge in [0.15, 0.2) is 9.84 Å². The molecule has 146 valence electrons. The lowest BCUT2D eigenvalue weighted by molar-refractivity contribution is 0.583. The standard InChI is InChI=1S/C22H14F2O4S/c1-29(26,27)15-9-6-13(7-10-15)22-20(16-11-8-14(23)12-18(16)24)21(25)17-4-2-3-5-19(17)28-22/h2-12H,1H3. The Bertz CT molecular complexity index is 1410. The minimum atomic E-state index is -3.41. The van der Waals surface area contributed by atoms with Crippen LogP contribution in [-0.2, 0) is 9.84 Å². The first-order chi connectivity index (χ1) is 13.8. The first-order valence-electron chi connectivity index (χ1n) is 8.57. The summed E-state index contributed by atoms with van der Waals surface area (Å²) in [4.78, 5) is 13.3. The van der Waals surface area contributed by atoms with Crippen LogP contribution in [0.5, 0.6) is 0 Å². The van der Waals surface area contributed by atoms with Crippen LogP contribution in [0.1, 0.15) is 0 Å². The van der Waals surface area contributed by atoms with Gasteiger partial charge in [-0.05, 0) is 48.5 Å². The van der Waals surface area contributed by atoms with E-state index in [0.717, 1.165) is 12.3 Å². The second-order valence-corrected chi connectivity index (χ2v) is 8.57. The number of para-hydroxylation sites is 1. The fourth-order valence-electron chi connectivity index (χ4n) is 3.14. The van der Waals surface area contributed by atoms with Crippen molar-refractivity contribution in [1.29, 1.82) is 0 Å². The van der Waals surface area contributed by atoms with E-state index in [2.05, 4.69) is 0 Å². The van der Waals surface area contributed by atoms with E-state index < -0.39 is 26.9 Å².